The summed E-state index contributed by atoms with van der Waals surface area (Å²) in [4.78, 5) is 14.2. The number of rotatable bonds is 4. The number of halogens is 3. The number of nitrogens with zero attached hydrogens (tertiary/aromatic N) is 1. The molecule has 1 heterocycles. The van der Waals surface area contributed by atoms with Gasteiger partial charge in [-0.1, -0.05) is 28.1 Å². The minimum absolute atomic E-state index is 0.0749. The number of morpholine rings is 1. The van der Waals surface area contributed by atoms with Gasteiger partial charge in [0.1, 0.15) is 17.7 Å². The zero-order valence-electron chi connectivity index (χ0n) is 13.6. The molecule has 0 radical (unpaired) electrons. The molecule has 1 fully saturated rings. The lowest BCUT2D eigenvalue weighted by molar-refractivity contribution is -0.139. The lowest BCUT2D eigenvalue weighted by Crippen LogP contribution is -2.42. The molecule has 1 aliphatic rings. The highest BCUT2D eigenvalue weighted by Gasteiger charge is 2.25. The SMILES string of the molecule is O=C(CCc1cc(F)ccc1F)N1CCOC(c2ccc(Br)cc2)C1. The number of ether oxygens (including phenoxy) is 1. The van der Waals surface area contributed by atoms with Gasteiger partial charge < -0.3 is 9.64 Å². The molecule has 1 saturated heterocycles. The number of carbonyl (C=O) groups excluding carboxylic acids is 1. The summed E-state index contributed by atoms with van der Waals surface area (Å²) in [6.45, 7) is 1.43. The number of hydrogen-bond donors (Lipinski definition) is 0. The van der Waals surface area contributed by atoms with Crippen LogP contribution in [0.3, 0.4) is 0 Å². The molecule has 132 valence electrons. The van der Waals surface area contributed by atoms with Gasteiger partial charge in [-0.05, 0) is 47.9 Å². The molecular weight excluding hydrogens is 392 g/mol. The van der Waals surface area contributed by atoms with Crippen molar-refractivity contribution in [3.8, 4) is 0 Å². The molecule has 25 heavy (non-hydrogen) atoms. The monoisotopic (exact) mass is 409 g/mol. The second-order valence-electron chi connectivity index (χ2n) is 5.99. The molecule has 2 aromatic rings. The quantitative estimate of drug-likeness (QED) is 0.754. The number of carbonyl (C=O) groups is 1. The van der Waals surface area contributed by atoms with Crippen LogP contribution in [0.25, 0.3) is 0 Å². The Bertz CT molecular complexity index is 752. The maximum atomic E-state index is 13.7. The molecule has 6 heteroatoms. The van der Waals surface area contributed by atoms with E-state index in [0.717, 1.165) is 28.2 Å². The first-order valence-electron chi connectivity index (χ1n) is 8.11. The molecule has 0 aromatic heterocycles. The van der Waals surface area contributed by atoms with Crippen molar-refractivity contribution in [2.24, 2.45) is 0 Å². The Morgan fingerprint density at radius 2 is 1.96 bits per heavy atom. The highest BCUT2D eigenvalue weighted by atomic mass is 79.9. The van der Waals surface area contributed by atoms with Gasteiger partial charge in [-0.3, -0.25) is 4.79 Å². The number of aryl methyl sites for hydroxylation is 1. The Balaban J connectivity index is 1.60. The topological polar surface area (TPSA) is 29.5 Å². The van der Waals surface area contributed by atoms with Crippen LogP contribution in [0.5, 0.6) is 0 Å². The smallest absolute Gasteiger partial charge is 0.223 e. The molecule has 1 atom stereocenters. The minimum Gasteiger partial charge on any atom is -0.370 e. The van der Waals surface area contributed by atoms with E-state index in [1.54, 1.807) is 4.90 Å². The molecule has 3 rings (SSSR count). The standard InChI is InChI=1S/C19H18BrF2NO2/c20-15-4-1-13(2-5-15)18-12-23(9-10-25-18)19(24)8-3-14-11-16(21)6-7-17(14)22/h1-2,4-7,11,18H,3,8-10,12H2. The third-order valence-electron chi connectivity index (χ3n) is 4.28. The summed E-state index contributed by atoms with van der Waals surface area (Å²) in [5, 5.41) is 0. The minimum atomic E-state index is -0.495. The zero-order chi connectivity index (χ0) is 17.8. The summed E-state index contributed by atoms with van der Waals surface area (Å²) in [7, 11) is 0. The lowest BCUT2D eigenvalue weighted by Gasteiger charge is -2.33. The Morgan fingerprint density at radius 1 is 1.20 bits per heavy atom. The summed E-state index contributed by atoms with van der Waals surface area (Å²) in [6.07, 6.45) is 0.160. The maximum Gasteiger partial charge on any atom is 0.223 e. The molecule has 1 aliphatic heterocycles. The fourth-order valence-electron chi connectivity index (χ4n) is 2.89. The Labute approximate surface area is 153 Å². The van der Waals surface area contributed by atoms with Crippen LogP contribution in [-0.2, 0) is 16.0 Å². The van der Waals surface area contributed by atoms with Crippen molar-refractivity contribution >= 4 is 21.8 Å². The molecule has 0 spiro atoms. The average Bonchev–Trinajstić information content (AvgIpc) is 2.63. The van der Waals surface area contributed by atoms with E-state index in [4.69, 9.17) is 4.74 Å². The van der Waals surface area contributed by atoms with E-state index < -0.39 is 11.6 Å². The van der Waals surface area contributed by atoms with E-state index in [2.05, 4.69) is 15.9 Å². The first-order valence-corrected chi connectivity index (χ1v) is 8.91. The van der Waals surface area contributed by atoms with Gasteiger partial charge in [-0.25, -0.2) is 8.78 Å². The second kappa shape index (κ2) is 8.06. The molecule has 3 nitrogen and oxygen atoms in total. The van der Waals surface area contributed by atoms with E-state index in [-0.39, 0.29) is 30.4 Å². The predicted octanol–water partition coefficient (Wildman–Crippen LogP) is 4.26. The third kappa shape index (κ3) is 4.64. The summed E-state index contributed by atoms with van der Waals surface area (Å²) in [5.41, 5.74) is 1.24. The zero-order valence-corrected chi connectivity index (χ0v) is 15.1. The van der Waals surface area contributed by atoms with Crippen molar-refractivity contribution in [2.45, 2.75) is 18.9 Å². The molecule has 0 bridgehead atoms. The Morgan fingerprint density at radius 3 is 2.72 bits per heavy atom. The van der Waals surface area contributed by atoms with E-state index in [9.17, 15) is 13.6 Å². The molecular formula is C19H18BrF2NO2. The highest BCUT2D eigenvalue weighted by Crippen LogP contribution is 2.24. The van der Waals surface area contributed by atoms with Gasteiger partial charge in [-0.2, -0.15) is 0 Å². The summed E-state index contributed by atoms with van der Waals surface area (Å²) >= 11 is 3.40. The lowest BCUT2D eigenvalue weighted by atomic mass is 10.1. The van der Waals surface area contributed by atoms with Crippen molar-refractivity contribution in [3.05, 3.63) is 69.7 Å². The second-order valence-corrected chi connectivity index (χ2v) is 6.90. The first-order chi connectivity index (χ1) is 12.0. The largest absolute Gasteiger partial charge is 0.370 e. The number of benzene rings is 2. The van der Waals surface area contributed by atoms with Crippen LogP contribution in [0.1, 0.15) is 23.7 Å². The van der Waals surface area contributed by atoms with Crippen molar-refractivity contribution in [1.29, 1.82) is 0 Å². The summed E-state index contributed by atoms with van der Waals surface area (Å²) < 4.78 is 33.6. The molecule has 1 amide bonds. The van der Waals surface area contributed by atoms with Crippen LogP contribution in [0.4, 0.5) is 8.78 Å². The van der Waals surface area contributed by atoms with Crippen molar-refractivity contribution in [3.63, 3.8) is 0 Å². The van der Waals surface area contributed by atoms with Crippen molar-refractivity contribution < 1.29 is 18.3 Å². The molecule has 2 aromatic carbocycles. The highest BCUT2D eigenvalue weighted by molar-refractivity contribution is 9.10. The van der Waals surface area contributed by atoms with Crippen molar-refractivity contribution in [1.82, 2.24) is 4.90 Å². The fourth-order valence-corrected chi connectivity index (χ4v) is 3.15. The van der Waals surface area contributed by atoms with E-state index >= 15 is 0 Å². The molecule has 0 aliphatic carbocycles. The number of hydrogen-bond acceptors (Lipinski definition) is 2. The van der Waals surface area contributed by atoms with Gasteiger partial charge in [0.25, 0.3) is 0 Å². The van der Waals surface area contributed by atoms with Crippen LogP contribution in [0.15, 0.2) is 46.9 Å². The van der Waals surface area contributed by atoms with Gasteiger partial charge in [0.15, 0.2) is 0 Å². The Kier molecular flexibility index (Phi) is 5.81. The molecule has 0 N–H and O–H groups in total. The molecule has 0 saturated carbocycles. The van der Waals surface area contributed by atoms with Gasteiger partial charge in [0.2, 0.25) is 5.91 Å². The van der Waals surface area contributed by atoms with Gasteiger partial charge in [0.05, 0.1) is 13.2 Å². The van der Waals surface area contributed by atoms with Crippen LogP contribution < -0.4 is 0 Å². The van der Waals surface area contributed by atoms with Crippen molar-refractivity contribution in [2.75, 3.05) is 19.7 Å². The van der Waals surface area contributed by atoms with Crippen LogP contribution in [-0.4, -0.2) is 30.5 Å². The summed E-state index contributed by atoms with van der Waals surface area (Å²) in [5.74, 6) is -1.05. The Hall–Kier alpha value is -1.79. The number of amides is 1. The van der Waals surface area contributed by atoms with E-state index in [1.165, 1.54) is 0 Å². The predicted molar refractivity (Wildman–Crippen MR) is 94.1 cm³/mol. The molecule has 1 unspecified atom stereocenters. The van der Waals surface area contributed by atoms with Gasteiger partial charge >= 0.3 is 0 Å². The first kappa shape index (κ1) is 18.0. The fraction of sp³-hybridized carbons (Fsp3) is 0.316. The van der Waals surface area contributed by atoms with Crippen LogP contribution >= 0.6 is 15.9 Å². The van der Waals surface area contributed by atoms with Gasteiger partial charge in [0, 0.05) is 17.4 Å². The van der Waals surface area contributed by atoms with E-state index in [0.29, 0.717) is 19.7 Å². The summed E-state index contributed by atoms with van der Waals surface area (Å²) in [6, 6.07) is 11.1. The normalized spacial score (nSPS) is 17.6. The van der Waals surface area contributed by atoms with Gasteiger partial charge in [-0.15, -0.1) is 0 Å². The van der Waals surface area contributed by atoms with E-state index in [1.807, 2.05) is 24.3 Å². The maximum absolute atomic E-state index is 13.7. The third-order valence-corrected chi connectivity index (χ3v) is 4.81. The van der Waals surface area contributed by atoms with Crippen LogP contribution in [0.2, 0.25) is 0 Å². The van der Waals surface area contributed by atoms with Crippen LogP contribution in [0, 0.1) is 11.6 Å². The average molecular weight is 410 g/mol.